The normalized spacial score (nSPS) is 15.9. The minimum Gasteiger partial charge on any atom is -0.366 e. The fraction of sp³-hybridized carbons (Fsp3) is 1.00. The molecule has 0 bridgehead atoms. The molecule has 2 atom stereocenters. The zero-order chi connectivity index (χ0) is 15.8. The summed E-state index contributed by atoms with van der Waals surface area (Å²) in [6.07, 6.45) is 2.67. The summed E-state index contributed by atoms with van der Waals surface area (Å²) in [6.45, 7) is 19.7. The van der Waals surface area contributed by atoms with Crippen molar-refractivity contribution >= 4 is 29.7 Å². The Kier molecular flexibility index (Phi) is 11.0. The molecule has 0 aliphatic carbocycles. The van der Waals surface area contributed by atoms with Crippen LogP contribution < -0.4 is 0 Å². The molecule has 0 saturated heterocycles. The van der Waals surface area contributed by atoms with E-state index in [9.17, 15) is 0 Å². The standard InChI is InChI=1S/C16H36OS2Si/c1-13(2)10-9-11-18-19-16(17-12-14(3)4)15(5)20(6,7)8/h13-16H,9-12H2,1-8H3. The lowest BCUT2D eigenvalue weighted by Crippen LogP contribution is -2.34. The Labute approximate surface area is 136 Å². The maximum absolute atomic E-state index is 6.20. The molecule has 0 heterocycles. The zero-order valence-corrected chi connectivity index (χ0v) is 17.5. The maximum atomic E-state index is 6.20. The lowest BCUT2D eigenvalue weighted by Gasteiger charge is -2.32. The monoisotopic (exact) mass is 336 g/mol. The van der Waals surface area contributed by atoms with Gasteiger partial charge in [-0.2, -0.15) is 0 Å². The van der Waals surface area contributed by atoms with Crippen LogP contribution in [0, 0.1) is 11.8 Å². The summed E-state index contributed by atoms with van der Waals surface area (Å²) in [7, 11) is 2.85. The first-order chi connectivity index (χ1) is 9.14. The largest absolute Gasteiger partial charge is 0.366 e. The van der Waals surface area contributed by atoms with Crippen LogP contribution in [-0.2, 0) is 4.74 Å². The van der Waals surface area contributed by atoms with Gasteiger partial charge in [-0.3, -0.25) is 0 Å². The van der Waals surface area contributed by atoms with Gasteiger partial charge in [0.05, 0.1) is 14.7 Å². The van der Waals surface area contributed by atoms with E-state index in [1.807, 2.05) is 21.6 Å². The van der Waals surface area contributed by atoms with Crippen molar-refractivity contribution in [1.29, 1.82) is 0 Å². The van der Waals surface area contributed by atoms with Crippen molar-refractivity contribution < 1.29 is 4.74 Å². The molecule has 2 unspecified atom stereocenters. The van der Waals surface area contributed by atoms with Crippen molar-refractivity contribution in [3.63, 3.8) is 0 Å². The van der Waals surface area contributed by atoms with Crippen LogP contribution in [0.25, 0.3) is 0 Å². The van der Waals surface area contributed by atoms with E-state index in [0.29, 0.717) is 16.9 Å². The predicted octanol–water partition coefficient (Wildman–Crippen LogP) is 6.53. The van der Waals surface area contributed by atoms with Crippen LogP contribution in [0.5, 0.6) is 0 Å². The summed E-state index contributed by atoms with van der Waals surface area (Å²) in [6, 6.07) is 0. The van der Waals surface area contributed by atoms with E-state index in [1.54, 1.807) is 0 Å². The van der Waals surface area contributed by atoms with E-state index in [2.05, 4.69) is 54.3 Å². The highest BCUT2D eigenvalue weighted by atomic mass is 33.1. The molecule has 0 saturated carbocycles. The average molecular weight is 337 g/mol. The van der Waals surface area contributed by atoms with E-state index in [0.717, 1.165) is 12.5 Å². The Morgan fingerprint density at radius 2 is 1.55 bits per heavy atom. The molecule has 0 spiro atoms. The molecule has 0 aliphatic heterocycles. The fourth-order valence-electron chi connectivity index (χ4n) is 1.62. The molecule has 0 rings (SSSR count). The van der Waals surface area contributed by atoms with Crippen molar-refractivity contribution in [3.8, 4) is 0 Å². The molecule has 0 aromatic rings. The highest BCUT2D eigenvalue weighted by molar-refractivity contribution is 8.76. The quantitative estimate of drug-likeness (QED) is 0.184. The molecule has 20 heavy (non-hydrogen) atoms. The Morgan fingerprint density at radius 3 is 2.00 bits per heavy atom. The second-order valence-corrected chi connectivity index (χ2v) is 15.9. The summed E-state index contributed by atoms with van der Waals surface area (Å²) < 4.78 is 6.20. The van der Waals surface area contributed by atoms with Gasteiger partial charge in [-0.1, -0.05) is 82.3 Å². The second kappa shape index (κ2) is 10.6. The summed E-state index contributed by atoms with van der Waals surface area (Å²) >= 11 is 0. The van der Waals surface area contributed by atoms with Crippen molar-refractivity contribution in [2.24, 2.45) is 11.8 Å². The van der Waals surface area contributed by atoms with Gasteiger partial charge in [0.25, 0.3) is 0 Å². The number of hydrogen-bond donors (Lipinski definition) is 0. The van der Waals surface area contributed by atoms with Crippen LogP contribution >= 0.6 is 21.6 Å². The van der Waals surface area contributed by atoms with E-state index < -0.39 is 8.07 Å². The molecule has 1 nitrogen and oxygen atoms in total. The average Bonchev–Trinajstić information content (AvgIpc) is 2.29. The van der Waals surface area contributed by atoms with E-state index in [-0.39, 0.29) is 0 Å². The zero-order valence-electron chi connectivity index (χ0n) is 14.9. The molecule has 0 fully saturated rings. The van der Waals surface area contributed by atoms with E-state index >= 15 is 0 Å². The number of rotatable bonds is 11. The molecule has 122 valence electrons. The number of hydrogen-bond acceptors (Lipinski definition) is 3. The molecule has 0 aliphatic rings. The van der Waals surface area contributed by atoms with Crippen molar-refractivity contribution in [2.45, 2.75) is 78.1 Å². The van der Waals surface area contributed by atoms with Crippen molar-refractivity contribution in [2.75, 3.05) is 12.4 Å². The topological polar surface area (TPSA) is 9.23 Å². The maximum Gasteiger partial charge on any atom is 0.113 e. The van der Waals surface area contributed by atoms with Crippen LogP contribution in [0.1, 0.15) is 47.5 Å². The fourth-order valence-corrected chi connectivity index (χ4v) is 6.78. The van der Waals surface area contributed by atoms with Gasteiger partial charge in [-0.05, 0) is 23.8 Å². The molecule has 0 radical (unpaired) electrons. The van der Waals surface area contributed by atoms with Gasteiger partial charge < -0.3 is 4.74 Å². The third-order valence-electron chi connectivity index (χ3n) is 3.54. The molecular formula is C16H36OS2Si. The second-order valence-electron chi connectivity index (χ2n) is 7.70. The van der Waals surface area contributed by atoms with Crippen LogP contribution in [-0.4, -0.2) is 25.9 Å². The van der Waals surface area contributed by atoms with E-state index in [1.165, 1.54) is 18.6 Å². The van der Waals surface area contributed by atoms with Crippen LogP contribution in [0.15, 0.2) is 0 Å². The SMILES string of the molecule is CC(C)CCCSSC(OCC(C)C)C(C)[Si](C)(C)C. The van der Waals surface area contributed by atoms with Crippen LogP contribution in [0.4, 0.5) is 0 Å². The highest BCUT2D eigenvalue weighted by Gasteiger charge is 2.31. The number of ether oxygens (including phenoxy) is 1. The lowest BCUT2D eigenvalue weighted by molar-refractivity contribution is 0.0877. The highest BCUT2D eigenvalue weighted by Crippen LogP contribution is 2.40. The molecule has 0 aromatic heterocycles. The van der Waals surface area contributed by atoms with Gasteiger partial charge in [0.15, 0.2) is 0 Å². The van der Waals surface area contributed by atoms with Gasteiger partial charge >= 0.3 is 0 Å². The van der Waals surface area contributed by atoms with Gasteiger partial charge in [0, 0.05) is 5.75 Å². The molecule has 0 aromatic carbocycles. The van der Waals surface area contributed by atoms with Crippen molar-refractivity contribution in [3.05, 3.63) is 0 Å². The Morgan fingerprint density at radius 1 is 0.950 bits per heavy atom. The molecular weight excluding hydrogens is 300 g/mol. The van der Waals surface area contributed by atoms with Gasteiger partial charge in [0.2, 0.25) is 0 Å². The Bertz CT molecular complexity index is 239. The molecule has 0 amide bonds. The Balaban J connectivity index is 4.18. The summed E-state index contributed by atoms with van der Waals surface area (Å²) in [4.78, 5) is 0. The third kappa shape index (κ3) is 10.6. The first-order valence-electron chi connectivity index (χ1n) is 8.04. The van der Waals surface area contributed by atoms with Crippen LogP contribution in [0.2, 0.25) is 25.2 Å². The third-order valence-corrected chi connectivity index (χ3v) is 9.62. The van der Waals surface area contributed by atoms with Gasteiger partial charge in [0.1, 0.15) is 5.44 Å². The van der Waals surface area contributed by atoms with Crippen LogP contribution in [0.3, 0.4) is 0 Å². The van der Waals surface area contributed by atoms with Crippen molar-refractivity contribution in [1.82, 2.24) is 0 Å². The minimum absolute atomic E-state index is 0.369. The molecule has 4 heteroatoms. The van der Waals surface area contributed by atoms with Gasteiger partial charge in [-0.15, -0.1) is 0 Å². The lowest BCUT2D eigenvalue weighted by atomic mass is 10.1. The first kappa shape index (κ1) is 20.9. The first-order valence-corrected chi connectivity index (χ1v) is 14.0. The molecule has 0 N–H and O–H groups in total. The predicted molar refractivity (Wildman–Crippen MR) is 101 cm³/mol. The van der Waals surface area contributed by atoms with E-state index in [4.69, 9.17) is 4.74 Å². The minimum atomic E-state index is -1.14. The summed E-state index contributed by atoms with van der Waals surface area (Å²) in [5.74, 6) is 2.70. The smallest absolute Gasteiger partial charge is 0.113 e. The van der Waals surface area contributed by atoms with Gasteiger partial charge in [-0.25, -0.2) is 0 Å². The summed E-state index contributed by atoms with van der Waals surface area (Å²) in [5.41, 5.74) is 1.07. The Hall–Kier alpha value is 0.877. The summed E-state index contributed by atoms with van der Waals surface area (Å²) in [5, 5.41) is 0.